The summed E-state index contributed by atoms with van der Waals surface area (Å²) in [7, 11) is 3.39. The number of benzene rings is 2. The third-order valence-corrected chi connectivity index (χ3v) is 4.32. The summed E-state index contributed by atoms with van der Waals surface area (Å²) in [5.74, 6) is 0.265. The van der Waals surface area contributed by atoms with Gasteiger partial charge in [0.2, 0.25) is 0 Å². The van der Waals surface area contributed by atoms with Gasteiger partial charge in [-0.15, -0.1) is 0 Å². The molecule has 0 aliphatic rings. The molecule has 3 aromatic rings. The van der Waals surface area contributed by atoms with Crippen LogP contribution in [0.4, 0.5) is 4.39 Å². The van der Waals surface area contributed by atoms with Crippen LogP contribution in [0, 0.1) is 5.82 Å². The standard InChI is InChI=1S/C19H17ClFNO3/c1-22(11-15-16(20)4-3-5-17(15)21)10-12-8-19(23)25-18-9-13(24-2)6-7-14(12)18/h3-9H,10-11H2,1-2H3. The molecule has 0 fully saturated rings. The third kappa shape index (κ3) is 3.83. The summed E-state index contributed by atoms with van der Waals surface area (Å²) < 4.78 is 24.4. The average molecular weight is 362 g/mol. The zero-order chi connectivity index (χ0) is 18.0. The van der Waals surface area contributed by atoms with Crippen molar-refractivity contribution in [1.82, 2.24) is 4.90 Å². The fraction of sp³-hybridized carbons (Fsp3) is 0.211. The van der Waals surface area contributed by atoms with Crippen LogP contribution in [-0.2, 0) is 13.1 Å². The van der Waals surface area contributed by atoms with Gasteiger partial charge in [0.15, 0.2) is 0 Å². The van der Waals surface area contributed by atoms with Gasteiger partial charge >= 0.3 is 5.63 Å². The van der Waals surface area contributed by atoms with E-state index in [0.29, 0.717) is 35.0 Å². The van der Waals surface area contributed by atoms with Gasteiger partial charge in [-0.3, -0.25) is 4.90 Å². The van der Waals surface area contributed by atoms with Crippen LogP contribution in [0.15, 0.2) is 51.7 Å². The Labute approximate surface area is 149 Å². The maximum absolute atomic E-state index is 14.0. The van der Waals surface area contributed by atoms with Crippen LogP contribution in [0.5, 0.6) is 5.75 Å². The molecule has 1 aromatic heterocycles. The highest BCUT2D eigenvalue weighted by Gasteiger charge is 2.13. The van der Waals surface area contributed by atoms with Gasteiger partial charge < -0.3 is 9.15 Å². The molecule has 0 saturated carbocycles. The van der Waals surface area contributed by atoms with Gasteiger partial charge in [0, 0.05) is 41.2 Å². The molecule has 0 saturated heterocycles. The van der Waals surface area contributed by atoms with E-state index in [9.17, 15) is 9.18 Å². The zero-order valence-electron chi connectivity index (χ0n) is 13.9. The lowest BCUT2D eigenvalue weighted by Gasteiger charge is -2.19. The van der Waals surface area contributed by atoms with E-state index in [-0.39, 0.29) is 5.82 Å². The molecule has 0 unspecified atom stereocenters. The summed E-state index contributed by atoms with van der Waals surface area (Å²) >= 11 is 6.08. The highest BCUT2D eigenvalue weighted by atomic mass is 35.5. The molecule has 0 aliphatic heterocycles. The smallest absolute Gasteiger partial charge is 0.336 e. The first-order chi connectivity index (χ1) is 12.0. The minimum absolute atomic E-state index is 0.323. The Hall–Kier alpha value is -2.37. The molecule has 2 aromatic carbocycles. The molecule has 130 valence electrons. The Kier molecular flexibility index (Phi) is 5.06. The quantitative estimate of drug-likeness (QED) is 0.638. The van der Waals surface area contributed by atoms with Gasteiger partial charge in [0.25, 0.3) is 0 Å². The van der Waals surface area contributed by atoms with Gasteiger partial charge in [-0.1, -0.05) is 17.7 Å². The molecule has 0 aliphatic carbocycles. The number of ether oxygens (including phenoxy) is 1. The van der Waals surface area contributed by atoms with E-state index >= 15 is 0 Å². The molecule has 25 heavy (non-hydrogen) atoms. The molecule has 0 radical (unpaired) electrons. The Morgan fingerprint density at radius 2 is 2.00 bits per heavy atom. The van der Waals surface area contributed by atoms with E-state index in [1.54, 1.807) is 31.4 Å². The van der Waals surface area contributed by atoms with Crippen LogP contribution in [-0.4, -0.2) is 19.1 Å². The average Bonchev–Trinajstić information content (AvgIpc) is 2.57. The fourth-order valence-electron chi connectivity index (χ4n) is 2.77. The van der Waals surface area contributed by atoms with E-state index in [4.69, 9.17) is 20.8 Å². The Morgan fingerprint density at radius 3 is 2.72 bits per heavy atom. The number of fused-ring (bicyclic) bond motifs is 1. The first kappa shape index (κ1) is 17.5. The van der Waals surface area contributed by atoms with Crippen molar-refractivity contribution in [3.05, 3.63) is 74.9 Å². The second-order valence-electron chi connectivity index (χ2n) is 5.83. The fourth-order valence-corrected chi connectivity index (χ4v) is 2.99. The molecule has 0 bridgehead atoms. The molecular weight excluding hydrogens is 345 g/mol. The Balaban J connectivity index is 1.91. The largest absolute Gasteiger partial charge is 0.497 e. The van der Waals surface area contributed by atoms with E-state index in [2.05, 4.69) is 0 Å². The van der Waals surface area contributed by atoms with Crippen molar-refractivity contribution in [2.45, 2.75) is 13.1 Å². The number of rotatable bonds is 5. The maximum atomic E-state index is 14.0. The van der Waals surface area contributed by atoms with Crippen molar-refractivity contribution in [1.29, 1.82) is 0 Å². The van der Waals surface area contributed by atoms with Crippen LogP contribution in [0.3, 0.4) is 0 Å². The van der Waals surface area contributed by atoms with E-state index in [0.717, 1.165) is 10.9 Å². The second kappa shape index (κ2) is 7.25. The minimum atomic E-state index is -0.437. The summed E-state index contributed by atoms with van der Waals surface area (Å²) in [5.41, 5.74) is 1.25. The number of hydrogen-bond acceptors (Lipinski definition) is 4. The number of nitrogens with zero attached hydrogens (tertiary/aromatic N) is 1. The van der Waals surface area contributed by atoms with Gasteiger partial charge in [0.1, 0.15) is 17.1 Å². The molecule has 0 N–H and O–H groups in total. The highest BCUT2D eigenvalue weighted by Crippen LogP contribution is 2.25. The first-order valence-electron chi connectivity index (χ1n) is 7.70. The first-order valence-corrected chi connectivity index (χ1v) is 8.08. The monoisotopic (exact) mass is 361 g/mol. The van der Waals surface area contributed by atoms with E-state index in [1.807, 2.05) is 18.0 Å². The summed E-state index contributed by atoms with van der Waals surface area (Å²) in [5, 5.41) is 1.20. The normalized spacial score (nSPS) is 11.2. The summed E-state index contributed by atoms with van der Waals surface area (Å²) in [4.78, 5) is 13.7. The van der Waals surface area contributed by atoms with E-state index in [1.165, 1.54) is 12.1 Å². The lowest BCUT2D eigenvalue weighted by atomic mass is 10.1. The predicted molar refractivity (Wildman–Crippen MR) is 95.6 cm³/mol. The molecule has 0 atom stereocenters. The van der Waals surface area contributed by atoms with Gasteiger partial charge in [0.05, 0.1) is 7.11 Å². The van der Waals surface area contributed by atoms with Crippen molar-refractivity contribution in [3.63, 3.8) is 0 Å². The van der Waals surface area contributed by atoms with Crippen molar-refractivity contribution in [2.24, 2.45) is 0 Å². The van der Waals surface area contributed by atoms with Crippen LogP contribution < -0.4 is 10.4 Å². The van der Waals surface area contributed by atoms with Gasteiger partial charge in [-0.05, 0) is 36.9 Å². The zero-order valence-corrected chi connectivity index (χ0v) is 14.6. The highest BCUT2D eigenvalue weighted by molar-refractivity contribution is 6.31. The minimum Gasteiger partial charge on any atom is -0.497 e. The summed E-state index contributed by atoms with van der Waals surface area (Å²) in [6.07, 6.45) is 0. The molecule has 0 spiro atoms. The second-order valence-corrected chi connectivity index (χ2v) is 6.23. The van der Waals surface area contributed by atoms with Crippen LogP contribution in [0.1, 0.15) is 11.1 Å². The van der Waals surface area contributed by atoms with Gasteiger partial charge in [-0.25, -0.2) is 9.18 Å². The molecule has 1 heterocycles. The molecule has 3 rings (SSSR count). The number of hydrogen-bond donors (Lipinski definition) is 0. The third-order valence-electron chi connectivity index (χ3n) is 3.97. The molecule has 0 amide bonds. The van der Waals surface area contributed by atoms with Crippen LogP contribution in [0.2, 0.25) is 5.02 Å². The Morgan fingerprint density at radius 1 is 1.20 bits per heavy atom. The lowest BCUT2D eigenvalue weighted by Crippen LogP contribution is -2.19. The Bertz CT molecular complexity index is 950. The predicted octanol–water partition coefficient (Wildman–Crippen LogP) is 4.23. The van der Waals surface area contributed by atoms with Crippen LogP contribution in [0.25, 0.3) is 11.0 Å². The molecular formula is C19H17ClFNO3. The topological polar surface area (TPSA) is 42.7 Å². The number of methoxy groups -OCH3 is 1. The lowest BCUT2D eigenvalue weighted by molar-refractivity contribution is 0.314. The SMILES string of the molecule is COc1ccc2c(CN(C)Cc3c(F)cccc3Cl)cc(=O)oc2c1. The molecule has 4 nitrogen and oxygen atoms in total. The maximum Gasteiger partial charge on any atom is 0.336 e. The van der Waals surface area contributed by atoms with Crippen molar-refractivity contribution < 1.29 is 13.5 Å². The summed E-state index contributed by atoms with van der Waals surface area (Å²) in [6, 6.07) is 11.4. The van der Waals surface area contributed by atoms with Crippen molar-refractivity contribution >= 4 is 22.6 Å². The van der Waals surface area contributed by atoms with Crippen molar-refractivity contribution in [3.8, 4) is 5.75 Å². The van der Waals surface area contributed by atoms with Crippen LogP contribution >= 0.6 is 11.6 Å². The summed E-state index contributed by atoms with van der Waals surface area (Å²) in [6.45, 7) is 0.766. The van der Waals surface area contributed by atoms with Crippen molar-refractivity contribution in [2.75, 3.05) is 14.2 Å². The molecule has 6 heteroatoms. The number of halogens is 2. The van der Waals surface area contributed by atoms with E-state index < -0.39 is 5.63 Å². The van der Waals surface area contributed by atoms with Gasteiger partial charge in [-0.2, -0.15) is 0 Å².